The van der Waals surface area contributed by atoms with Crippen molar-refractivity contribution in [3.05, 3.63) is 29.8 Å². The molecule has 0 spiro atoms. The van der Waals surface area contributed by atoms with E-state index in [-0.39, 0.29) is 30.2 Å². The minimum atomic E-state index is -3.82. The number of esters is 1. The Morgan fingerprint density at radius 3 is 2.65 bits per heavy atom. The Morgan fingerprint density at radius 1 is 1.40 bits per heavy atom. The monoisotopic (exact) mass is 296 g/mol. The topological polar surface area (TPSA) is 87.5 Å². The molecule has 0 saturated heterocycles. The zero-order valence-corrected chi connectivity index (χ0v) is 12.2. The van der Waals surface area contributed by atoms with Gasteiger partial charge in [-0.25, -0.2) is 8.42 Å². The van der Waals surface area contributed by atoms with Crippen LogP contribution in [0.1, 0.15) is 19.4 Å². The average molecular weight is 296 g/mol. The lowest BCUT2D eigenvalue weighted by Gasteiger charge is -2.19. The first kappa shape index (κ1) is 16.1. The molecule has 6 nitrogen and oxygen atoms in total. The lowest BCUT2D eigenvalue weighted by Crippen LogP contribution is -2.36. The second kappa shape index (κ2) is 7.03. The van der Waals surface area contributed by atoms with Gasteiger partial charge >= 0.3 is 5.97 Å². The van der Waals surface area contributed by atoms with Crippen molar-refractivity contribution in [2.75, 3.05) is 19.7 Å². The number of ether oxygens (including phenoxy) is 1. The molecule has 0 amide bonds. The quantitative estimate of drug-likeness (QED) is 0.734. The molecule has 7 heteroatoms. The SMILES string of the molecule is CCOC(=O)CN(CC)S(=O)(=O)c1cccc(C#N)c1. The van der Waals surface area contributed by atoms with Gasteiger partial charge in [0.15, 0.2) is 0 Å². The summed E-state index contributed by atoms with van der Waals surface area (Å²) in [4.78, 5) is 11.4. The zero-order valence-electron chi connectivity index (χ0n) is 11.4. The van der Waals surface area contributed by atoms with Crippen LogP contribution in [-0.2, 0) is 19.6 Å². The third kappa shape index (κ3) is 3.79. The summed E-state index contributed by atoms with van der Waals surface area (Å²) in [6.45, 7) is 3.27. The molecule has 0 N–H and O–H groups in total. The van der Waals surface area contributed by atoms with Crippen molar-refractivity contribution in [1.82, 2.24) is 4.31 Å². The van der Waals surface area contributed by atoms with Crippen molar-refractivity contribution in [1.29, 1.82) is 5.26 Å². The van der Waals surface area contributed by atoms with Crippen LogP contribution in [0.15, 0.2) is 29.2 Å². The summed E-state index contributed by atoms with van der Waals surface area (Å²) in [6, 6.07) is 7.56. The van der Waals surface area contributed by atoms with E-state index in [1.807, 2.05) is 6.07 Å². The summed E-state index contributed by atoms with van der Waals surface area (Å²) in [5.41, 5.74) is 0.248. The van der Waals surface area contributed by atoms with Crippen LogP contribution in [0.3, 0.4) is 0 Å². The molecule has 1 rings (SSSR count). The first-order valence-corrected chi connectivity index (χ1v) is 7.55. The van der Waals surface area contributed by atoms with E-state index >= 15 is 0 Å². The molecule has 0 bridgehead atoms. The van der Waals surface area contributed by atoms with Crippen LogP contribution in [0.25, 0.3) is 0 Å². The van der Waals surface area contributed by atoms with Gasteiger partial charge < -0.3 is 4.74 Å². The minimum absolute atomic E-state index is 0.0114. The summed E-state index contributed by atoms with van der Waals surface area (Å²) < 4.78 is 30.5. The molecule has 0 aliphatic carbocycles. The largest absolute Gasteiger partial charge is 0.465 e. The molecule has 1 aromatic rings. The van der Waals surface area contributed by atoms with Gasteiger partial charge in [0.05, 0.1) is 23.1 Å². The van der Waals surface area contributed by atoms with Gasteiger partial charge in [-0.05, 0) is 25.1 Å². The molecule has 0 aliphatic rings. The second-order valence-electron chi connectivity index (χ2n) is 3.88. The lowest BCUT2D eigenvalue weighted by atomic mass is 10.2. The summed E-state index contributed by atoms with van der Waals surface area (Å²) >= 11 is 0. The normalized spacial score (nSPS) is 11.1. The van der Waals surface area contributed by atoms with Crippen molar-refractivity contribution in [3.63, 3.8) is 0 Å². The Kier molecular flexibility index (Phi) is 5.67. The highest BCUT2D eigenvalue weighted by Crippen LogP contribution is 2.16. The molecule has 0 saturated carbocycles. The molecular formula is C13H16N2O4S. The van der Waals surface area contributed by atoms with Gasteiger partial charge in [-0.3, -0.25) is 4.79 Å². The Hall–Kier alpha value is -1.91. The molecule has 0 fully saturated rings. The van der Waals surface area contributed by atoms with Gasteiger partial charge in [0.1, 0.15) is 6.54 Å². The van der Waals surface area contributed by atoms with Gasteiger partial charge in [-0.1, -0.05) is 13.0 Å². The Morgan fingerprint density at radius 2 is 2.10 bits per heavy atom. The van der Waals surface area contributed by atoms with Gasteiger partial charge in [0.2, 0.25) is 10.0 Å². The van der Waals surface area contributed by atoms with Crippen LogP contribution in [0, 0.1) is 11.3 Å². The maximum absolute atomic E-state index is 12.4. The first-order chi connectivity index (χ1) is 9.45. The van der Waals surface area contributed by atoms with Crippen molar-refractivity contribution in [3.8, 4) is 6.07 Å². The number of hydrogen-bond donors (Lipinski definition) is 0. The molecule has 1 aromatic carbocycles. The zero-order chi connectivity index (χ0) is 15.2. The van der Waals surface area contributed by atoms with E-state index in [2.05, 4.69) is 0 Å². The van der Waals surface area contributed by atoms with E-state index in [0.717, 1.165) is 4.31 Å². The van der Waals surface area contributed by atoms with E-state index in [4.69, 9.17) is 10.00 Å². The smallest absolute Gasteiger partial charge is 0.321 e. The van der Waals surface area contributed by atoms with Crippen LogP contribution in [0.4, 0.5) is 0 Å². The lowest BCUT2D eigenvalue weighted by molar-refractivity contribution is -0.143. The fourth-order valence-corrected chi connectivity index (χ4v) is 3.03. The highest BCUT2D eigenvalue weighted by atomic mass is 32.2. The van der Waals surface area contributed by atoms with E-state index < -0.39 is 16.0 Å². The van der Waals surface area contributed by atoms with Crippen molar-refractivity contribution >= 4 is 16.0 Å². The van der Waals surface area contributed by atoms with Crippen molar-refractivity contribution in [2.24, 2.45) is 0 Å². The number of rotatable bonds is 6. The van der Waals surface area contributed by atoms with Crippen LogP contribution >= 0.6 is 0 Å². The van der Waals surface area contributed by atoms with Gasteiger partial charge in [-0.15, -0.1) is 0 Å². The molecule has 0 atom stereocenters. The Labute approximate surface area is 118 Å². The van der Waals surface area contributed by atoms with E-state index in [0.29, 0.717) is 0 Å². The number of nitriles is 1. The number of nitrogens with zero attached hydrogens (tertiary/aromatic N) is 2. The first-order valence-electron chi connectivity index (χ1n) is 6.11. The standard InChI is InChI=1S/C13H16N2O4S/c1-3-15(10-13(16)19-4-2)20(17,18)12-7-5-6-11(8-12)9-14/h5-8H,3-4,10H2,1-2H3. The molecule has 0 heterocycles. The van der Waals surface area contributed by atoms with Crippen molar-refractivity contribution in [2.45, 2.75) is 18.7 Å². The average Bonchev–Trinajstić information content (AvgIpc) is 2.45. The van der Waals surface area contributed by atoms with Gasteiger partial charge in [0, 0.05) is 6.54 Å². The fourth-order valence-electron chi connectivity index (χ4n) is 1.59. The van der Waals surface area contributed by atoms with Crippen LogP contribution in [0.5, 0.6) is 0 Å². The predicted molar refractivity (Wildman–Crippen MR) is 72.2 cm³/mol. The number of carbonyl (C=O) groups excluding carboxylic acids is 1. The number of sulfonamides is 1. The third-order valence-electron chi connectivity index (χ3n) is 2.56. The molecule has 20 heavy (non-hydrogen) atoms. The Bertz CT molecular complexity index is 620. The van der Waals surface area contributed by atoms with Crippen LogP contribution in [-0.4, -0.2) is 38.4 Å². The second-order valence-corrected chi connectivity index (χ2v) is 5.81. The fraction of sp³-hybridized carbons (Fsp3) is 0.385. The third-order valence-corrected chi connectivity index (χ3v) is 4.48. The molecule has 0 radical (unpaired) electrons. The highest BCUT2D eigenvalue weighted by Gasteiger charge is 2.25. The maximum Gasteiger partial charge on any atom is 0.321 e. The van der Waals surface area contributed by atoms with Gasteiger partial charge in [-0.2, -0.15) is 9.57 Å². The minimum Gasteiger partial charge on any atom is -0.465 e. The Balaban J connectivity index is 3.06. The number of benzene rings is 1. The summed E-state index contributed by atoms with van der Waals surface area (Å²) in [5.74, 6) is -0.602. The predicted octanol–water partition coefficient (Wildman–Crippen LogP) is 1.13. The number of carbonyl (C=O) groups is 1. The molecule has 0 aromatic heterocycles. The highest BCUT2D eigenvalue weighted by molar-refractivity contribution is 7.89. The van der Waals surface area contributed by atoms with E-state index in [9.17, 15) is 13.2 Å². The summed E-state index contributed by atoms with van der Waals surface area (Å²) in [6.07, 6.45) is 0. The number of likely N-dealkylation sites (N-methyl/N-ethyl adjacent to an activating group) is 1. The van der Waals surface area contributed by atoms with Crippen molar-refractivity contribution < 1.29 is 17.9 Å². The number of hydrogen-bond acceptors (Lipinski definition) is 5. The molecule has 108 valence electrons. The van der Waals surface area contributed by atoms with E-state index in [1.54, 1.807) is 13.8 Å². The van der Waals surface area contributed by atoms with Crippen LogP contribution in [0.2, 0.25) is 0 Å². The maximum atomic E-state index is 12.4. The van der Waals surface area contributed by atoms with Gasteiger partial charge in [0.25, 0.3) is 0 Å². The molecule has 0 unspecified atom stereocenters. The molecular weight excluding hydrogens is 280 g/mol. The van der Waals surface area contributed by atoms with E-state index in [1.165, 1.54) is 24.3 Å². The molecule has 0 aliphatic heterocycles. The summed E-state index contributed by atoms with van der Waals surface area (Å²) in [5, 5.41) is 8.81. The summed E-state index contributed by atoms with van der Waals surface area (Å²) in [7, 11) is -3.82. The van der Waals surface area contributed by atoms with Crippen LogP contribution < -0.4 is 0 Å².